The predicted octanol–water partition coefficient (Wildman–Crippen LogP) is 6.87. The number of rotatable bonds is 3. The highest BCUT2D eigenvalue weighted by Gasteiger charge is 2.12. The molecule has 4 rings (SSSR count). The van der Waals surface area contributed by atoms with E-state index in [4.69, 9.17) is 27.7 Å². The average Bonchev–Trinajstić information content (AvgIpc) is 3.10. The Morgan fingerprint density at radius 3 is 2.56 bits per heavy atom. The molecular weight excluding hydrogens is 379 g/mol. The Balaban J connectivity index is 1.82. The summed E-state index contributed by atoms with van der Waals surface area (Å²) < 4.78 is 5.53. The predicted molar refractivity (Wildman–Crippen MR) is 109 cm³/mol. The van der Waals surface area contributed by atoms with Gasteiger partial charge < -0.3 is 4.52 Å². The average molecular weight is 391 g/mol. The third-order valence-corrected chi connectivity index (χ3v) is 4.74. The van der Waals surface area contributed by atoms with Crippen molar-refractivity contribution in [3.8, 4) is 17.4 Å². The monoisotopic (exact) mass is 390 g/mol. The fourth-order valence-corrected chi connectivity index (χ4v) is 3.40. The van der Waals surface area contributed by atoms with Crippen molar-refractivity contribution in [2.75, 3.05) is 0 Å². The number of hydrogen-bond acceptors (Lipinski definition) is 3. The van der Waals surface area contributed by atoms with Crippen LogP contribution in [-0.2, 0) is 0 Å². The fourth-order valence-electron chi connectivity index (χ4n) is 2.89. The van der Waals surface area contributed by atoms with E-state index >= 15 is 0 Å². The summed E-state index contributed by atoms with van der Waals surface area (Å²) in [6.07, 6.45) is 1.79. The third-order valence-electron chi connectivity index (χ3n) is 4.19. The van der Waals surface area contributed by atoms with Gasteiger partial charge in [0.15, 0.2) is 5.76 Å². The molecule has 0 bridgehead atoms. The molecule has 130 valence electrons. The van der Waals surface area contributed by atoms with Gasteiger partial charge in [-0.3, -0.25) is 0 Å². The maximum atomic E-state index is 9.60. The van der Waals surface area contributed by atoms with Crippen molar-refractivity contribution in [2.24, 2.45) is 0 Å². The number of benzene rings is 3. The largest absolute Gasteiger partial charge is 0.355 e. The molecule has 1 heterocycles. The summed E-state index contributed by atoms with van der Waals surface area (Å²) in [6, 6.07) is 22.8. The standard InChI is InChI=1S/C22H12Cl2N2O/c23-17-7-8-18(20(24)12-17)16(13-25)10-14-6-9-21-19(11-14)22(27-26-21)15-4-2-1-3-5-15/h1-12H. The first-order valence-corrected chi connectivity index (χ1v) is 8.93. The Bertz CT molecular complexity index is 1200. The summed E-state index contributed by atoms with van der Waals surface area (Å²) in [5, 5.41) is 15.6. The van der Waals surface area contributed by atoms with Crippen LogP contribution < -0.4 is 0 Å². The second kappa shape index (κ2) is 7.28. The van der Waals surface area contributed by atoms with Crippen LogP contribution in [0.5, 0.6) is 0 Å². The van der Waals surface area contributed by atoms with E-state index in [1.807, 2.05) is 48.5 Å². The zero-order chi connectivity index (χ0) is 18.8. The lowest BCUT2D eigenvalue weighted by molar-refractivity contribution is 0.441. The minimum Gasteiger partial charge on any atom is -0.355 e. The molecule has 0 N–H and O–H groups in total. The molecule has 5 heteroatoms. The molecule has 0 saturated heterocycles. The first-order chi connectivity index (χ1) is 13.2. The minimum atomic E-state index is 0.436. The van der Waals surface area contributed by atoms with Crippen LogP contribution >= 0.6 is 23.2 Å². The van der Waals surface area contributed by atoms with Crippen LogP contribution in [0.3, 0.4) is 0 Å². The molecule has 0 radical (unpaired) electrons. The van der Waals surface area contributed by atoms with Crippen molar-refractivity contribution in [2.45, 2.75) is 0 Å². The number of nitriles is 1. The van der Waals surface area contributed by atoms with Gasteiger partial charge in [-0.1, -0.05) is 70.8 Å². The highest BCUT2D eigenvalue weighted by atomic mass is 35.5. The van der Waals surface area contributed by atoms with Crippen LogP contribution in [0.15, 0.2) is 71.3 Å². The van der Waals surface area contributed by atoms with E-state index in [1.165, 1.54) is 0 Å². The number of nitrogens with zero attached hydrogens (tertiary/aromatic N) is 2. The van der Waals surface area contributed by atoms with Gasteiger partial charge in [-0.25, -0.2) is 0 Å². The first-order valence-electron chi connectivity index (χ1n) is 8.18. The van der Waals surface area contributed by atoms with Crippen LogP contribution in [-0.4, -0.2) is 5.16 Å². The number of hydrogen-bond donors (Lipinski definition) is 0. The summed E-state index contributed by atoms with van der Waals surface area (Å²) in [6.45, 7) is 0. The highest BCUT2D eigenvalue weighted by Crippen LogP contribution is 2.31. The highest BCUT2D eigenvalue weighted by molar-refractivity contribution is 6.36. The molecule has 1 aromatic heterocycles. The van der Waals surface area contributed by atoms with Crippen molar-refractivity contribution >= 4 is 45.8 Å². The van der Waals surface area contributed by atoms with Gasteiger partial charge in [0.1, 0.15) is 5.52 Å². The number of aromatic nitrogens is 1. The molecule has 0 unspecified atom stereocenters. The van der Waals surface area contributed by atoms with Gasteiger partial charge in [0.25, 0.3) is 0 Å². The van der Waals surface area contributed by atoms with Crippen molar-refractivity contribution in [3.05, 3.63) is 87.9 Å². The maximum absolute atomic E-state index is 9.60. The van der Waals surface area contributed by atoms with Gasteiger partial charge in [-0.15, -0.1) is 0 Å². The molecular formula is C22H12Cl2N2O. The minimum absolute atomic E-state index is 0.436. The van der Waals surface area contributed by atoms with Crippen LogP contribution in [0.4, 0.5) is 0 Å². The Kier molecular flexibility index (Phi) is 4.68. The Morgan fingerprint density at radius 1 is 1.00 bits per heavy atom. The van der Waals surface area contributed by atoms with Gasteiger partial charge >= 0.3 is 0 Å². The molecule has 0 amide bonds. The van der Waals surface area contributed by atoms with E-state index < -0.39 is 0 Å². The molecule has 0 aliphatic rings. The first kappa shape index (κ1) is 17.4. The van der Waals surface area contributed by atoms with Gasteiger partial charge in [0.2, 0.25) is 0 Å². The zero-order valence-electron chi connectivity index (χ0n) is 14.0. The second-order valence-electron chi connectivity index (χ2n) is 5.95. The lowest BCUT2D eigenvalue weighted by atomic mass is 10.0. The second-order valence-corrected chi connectivity index (χ2v) is 6.79. The molecule has 0 spiro atoms. The molecule has 0 saturated carbocycles. The lowest BCUT2D eigenvalue weighted by Crippen LogP contribution is -1.85. The van der Waals surface area contributed by atoms with Gasteiger partial charge in [0.05, 0.1) is 22.1 Å². The smallest absolute Gasteiger partial charge is 0.174 e. The molecule has 27 heavy (non-hydrogen) atoms. The van der Waals surface area contributed by atoms with Crippen molar-refractivity contribution < 1.29 is 4.52 Å². The Hall–Kier alpha value is -3.06. The summed E-state index contributed by atoms with van der Waals surface area (Å²) in [5.41, 5.74) is 3.65. The van der Waals surface area contributed by atoms with Crippen LogP contribution in [0, 0.1) is 11.3 Å². The molecule has 4 aromatic rings. The molecule has 0 aliphatic carbocycles. The number of halogens is 2. The van der Waals surface area contributed by atoms with E-state index in [9.17, 15) is 5.26 Å². The quantitative estimate of drug-likeness (QED) is 0.283. The van der Waals surface area contributed by atoms with Crippen molar-refractivity contribution in [1.29, 1.82) is 5.26 Å². The summed E-state index contributed by atoms with van der Waals surface area (Å²) in [5.74, 6) is 0.698. The van der Waals surface area contributed by atoms with Gasteiger partial charge in [-0.05, 0) is 35.9 Å². The topological polar surface area (TPSA) is 49.8 Å². The summed E-state index contributed by atoms with van der Waals surface area (Å²) >= 11 is 12.2. The van der Waals surface area contributed by atoms with Crippen molar-refractivity contribution in [1.82, 2.24) is 5.16 Å². The number of fused-ring (bicyclic) bond motifs is 1. The Labute approximate surface area is 166 Å². The van der Waals surface area contributed by atoms with Crippen LogP contribution in [0.2, 0.25) is 10.0 Å². The molecule has 0 fully saturated rings. The fraction of sp³-hybridized carbons (Fsp3) is 0. The van der Waals surface area contributed by atoms with E-state index in [0.717, 1.165) is 22.0 Å². The van der Waals surface area contributed by atoms with E-state index in [1.54, 1.807) is 24.3 Å². The summed E-state index contributed by atoms with van der Waals surface area (Å²) in [7, 11) is 0. The van der Waals surface area contributed by atoms with E-state index in [2.05, 4.69) is 11.2 Å². The van der Waals surface area contributed by atoms with Gasteiger partial charge in [0, 0.05) is 16.1 Å². The lowest BCUT2D eigenvalue weighted by Gasteiger charge is -2.04. The van der Waals surface area contributed by atoms with E-state index in [0.29, 0.717) is 26.9 Å². The van der Waals surface area contributed by atoms with Crippen LogP contribution in [0.25, 0.3) is 33.9 Å². The maximum Gasteiger partial charge on any atom is 0.174 e. The number of allylic oxidation sites excluding steroid dienone is 1. The Morgan fingerprint density at radius 2 is 1.81 bits per heavy atom. The molecule has 3 aromatic carbocycles. The third kappa shape index (κ3) is 3.46. The molecule has 3 nitrogen and oxygen atoms in total. The summed E-state index contributed by atoms with van der Waals surface area (Å²) in [4.78, 5) is 0. The van der Waals surface area contributed by atoms with Crippen molar-refractivity contribution in [3.63, 3.8) is 0 Å². The van der Waals surface area contributed by atoms with Crippen LogP contribution in [0.1, 0.15) is 11.1 Å². The normalized spacial score (nSPS) is 11.5. The van der Waals surface area contributed by atoms with E-state index in [-0.39, 0.29) is 0 Å². The van der Waals surface area contributed by atoms with Gasteiger partial charge in [-0.2, -0.15) is 5.26 Å². The molecule has 0 aliphatic heterocycles. The SMILES string of the molecule is N#CC(=Cc1ccc2noc(-c3ccccc3)c2c1)c1ccc(Cl)cc1Cl. The molecule has 0 atom stereocenters. The zero-order valence-corrected chi connectivity index (χ0v) is 15.5.